The van der Waals surface area contributed by atoms with Crippen molar-refractivity contribution in [3.63, 3.8) is 0 Å². The summed E-state index contributed by atoms with van der Waals surface area (Å²) in [5.74, 6) is 3.26. The van der Waals surface area contributed by atoms with Gasteiger partial charge in [-0.15, -0.1) is 0 Å². The molecule has 0 saturated heterocycles. The number of rotatable bonds is 0. The number of hydrogen-bond donors (Lipinski definition) is 0. The van der Waals surface area contributed by atoms with Crippen LogP contribution in [0.4, 0.5) is 0 Å². The summed E-state index contributed by atoms with van der Waals surface area (Å²) >= 11 is 0. The number of benzene rings is 4. The van der Waals surface area contributed by atoms with Crippen molar-refractivity contribution in [2.75, 3.05) is 13.6 Å². The van der Waals surface area contributed by atoms with Crippen LogP contribution in [-0.4, -0.2) is 13.6 Å². The fourth-order valence-corrected chi connectivity index (χ4v) is 4.24. The van der Waals surface area contributed by atoms with E-state index < -0.39 is 0 Å². The molecule has 128 valence electrons. The van der Waals surface area contributed by atoms with Crippen LogP contribution in [0.1, 0.15) is 11.1 Å². The third-order valence-corrected chi connectivity index (χ3v) is 5.44. The molecule has 26 heavy (non-hydrogen) atoms. The van der Waals surface area contributed by atoms with Gasteiger partial charge in [-0.25, -0.2) is 0 Å². The third kappa shape index (κ3) is 1.74. The van der Waals surface area contributed by atoms with Gasteiger partial charge in [-0.1, -0.05) is 12.1 Å². The topological polar surface area (TPSA) is 36.9 Å². The van der Waals surface area contributed by atoms with E-state index in [2.05, 4.69) is 50.2 Å². The Morgan fingerprint density at radius 1 is 0.538 bits per heavy atom. The summed E-state index contributed by atoms with van der Waals surface area (Å²) in [4.78, 5) is 0. The molecule has 0 N–H and O–H groups in total. The van der Waals surface area contributed by atoms with Gasteiger partial charge in [-0.3, -0.25) is 0 Å². The summed E-state index contributed by atoms with van der Waals surface area (Å²) in [5, 5.41) is 7.21. The van der Waals surface area contributed by atoms with Crippen LogP contribution in [0.3, 0.4) is 0 Å². The number of ether oxygens (including phenoxy) is 4. The summed E-state index contributed by atoms with van der Waals surface area (Å²) < 4.78 is 22.4. The van der Waals surface area contributed by atoms with E-state index in [1.807, 2.05) is 0 Å². The van der Waals surface area contributed by atoms with Gasteiger partial charge < -0.3 is 18.9 Å². The molecule has 0 atom stereocenters. The highest BCUT2D eigenvalue weighted by Gasteiger charge is 2.20. The molecule has 0 fully saturated rings. The maximum absolute atomic E-state index is 5.62. The van der Waals surface area contributed by atoms with E-state index in [-0.39, 0.29) is 13.6 Å². The van der Waals surface area contributed by atoms with E-state index >= 15 is 0 Å². The standard InChI is InChI=1S/C22H16O4/c1-11-4-16-15-7-20-18(23-9-25-20)5-13(15)3-12(2)22(16)17-8-21-19(6-14(11)17)24-10-26-21/h3-8H,9-10H2,1-2H3. The number of hydrogen-bond acceptors (Lipinski definition) is 4. The summed E-state index contributed by atoms with van der Waals surface area (Å²) in [7, 11) is 0. The van der Waals surface area contributed by atoms with Gasteiger partial charge in [0.25, 0.3) is 0 Å². The van der Waals surface area contributed by atoms with Crippen LogP contribution >= 0.6 is 0 Å². The average Bonchev–Trinajstić information content (AvgIpc) is 3.26. The first-order valence-corrected chi connectivity index (χ1v) is 8.69. The summed E-state index contributed by atoms with van der Waals surface area (Å²) in [5.41, 5.74) is 2.45. The smallest absolute Gasteiger partial charge is 0.231 e. The zero-order chi connectivity index (χ0) is 17.4. The Labute approximate surface area is 149 Å². The minimum Gasteiger partial charge on any atom is -0.454 e. The zero-order valence-corrected chi connectivity index (χ0v) is 14.5. The average molecular weight is 344 g/mol. The molecule has 0 spiro atoms. The van der Waals surface area contributed by atoms with E-state index in [4.69, 9.17) is 18.9 Å². The molecule has 4 aromatic carbocycles. The Bertz CT molecular complexity index is 1260. The van der Waals surface area contributed by atoms with E-state index in [1.165, 1.54) is 43.4 Å². The molecule has 0 saturated carbocycles. The van der Waals surface area contributed by atoms with Gasteiger partial charge in [-0.2, -0.15) is 0 Å². The highest BCUT2D eigenvalue weighted by molar-refractivity contribution is 6.20. The molecule has 4 heteroatoms. The lowest BCUT2D eigenvalue weighted by Crippen LogP contribution is -1.92. The number of fused-ring (bicyclic) bond motifs is 7. The second kappa shape index (κ2) is 4.73. The number of aryl methyl sites for hydroxylation is 2. The van der Waals surface area contributed by atoms with E-state index in [0.717, 1.165) is 23.0 Å². The quantitative estimate of drug-likeness (QED) is 0.410. The SMILES string of the molecule is Cc1cc2c3cc4c(cc3cc(C)c2c2cc3c(cc12)OCO3)OCO4. The Hall–Kier alpha value is -3.14. The Morgan fingerprint density at radius 2 is 1.08 bits per heavy atom. The molecule has 0 aliphatic carbocycles. The van der Waals surface area contributed by atoms with Gasteiger partial charge in [-0.05, 0) is 81.6 Å². The molecule has 0 unspecified atom stereocenters. The highest BCUT2D eigenvalue weighted by Crippen LogP contribution is 2.44. The fraction of sp³-hybridized carbons (Fsp3) is 0.182. The van der Waals surface area contributed by atoms with Crippen LogP contribution < -0.4 is 18.9 Å². The molecule has 2 heterocycles. The zero-order valence-electron chi connectivity index (χ0n) is 14.5. The van der Waals surface area contributed by atoms with Gasteiger partial charge in [0.2, 0.25) is 13.6 Å². The van der Waals surface area contributed by atoms with Crippen LogP contribution in [0.5, 0.6) is 23.0 Å². The molecule has 6 rings (SSSR count). The molecular formula is C22H16O4. The lowest BCUT2D eigenvalue weighted by atomic mass is 9.91. The lowest BCUT2D eigenvalue weighted by Gasteiger charge is -2.14. The Kier molecular flexibility index (Phi) is 2.56. The fourth-order valence-electron chi connectivity index (χ4n) is 4.24. The summed E-state index contributed by atoms with van der Waals surface area (Å²) in [6.07, 6.45) is 0. The molecule has 4 aromatic rings. The molecule has 0 bridgehead atoms. The van der Waals surface area contributed by atoms with E-state index in [0.29, 0.717) is 0 Å². The van der Waals surface area contributed by atoms with Crippen LogP contribution in [0, 0.1) is 13.8 Å². The van der Waals surface area contributed by atoms with Crippen LogP contribution in [0.25, 0.3) is 32.3 Å². The first-order valence-electron chi connectivity index (χ1n) is 8.69. The van der Waals surface area contributed by atoms with Gasteiger partial charge in [0.15, 0.2) is 23.0 Å². The molecule has 0 radical (unpaired) electrons. The maximum Gasteiger partial charge on any atom is 0.231 e. The minimum absolute atomic E-state index is 0.286. The van der Waals surface area contributed by atoms with E-state index in [1.54, 1.807) is 0 Å². The van der Waals surface area contributed by atoms with Crippen molar-refractivity contribution in [1.29, 1.82) is 0 Å². The van der Waals surface area contributed by atoms with Gasteiger partial charge in [0.05, 0.1) is 0 Å². The molecule has 4 nitrogen and oxygen atoms in total. The van der Waals surface area contributed by atoms with E-state index in [9.17, 15) is 0 Å². The monoisotopic (exact) mass is 344 g/mol. The molecule has 0 amide bonds. The maximum atomic E-state index is 5.62. The van der Waals surface area contributed by atoms with Crippen molar-refractivity contribution in [2.45, 2.75) is 13.8 Å². The van der Waals surface area contributed by atoms with Crippen molar-refractivity contribution in [2.24, 2.45) is 0 Å². The predicted molar refractivity (Wildman–Crippen MR) is 101 cm³/mol. The Balaban J connectivity index is 1.81. The largest absolute Gasteiger partial charge is 0.454 e. The van der Waals surface area contributed by atoms with Crippen molar-refractivity contribution >= 4 is 32.3 Å². The van der Waals surface area contributed by atoms with Gasteiger partial charge >= 0.3 is 0 Å². The second-order valence-corrected chi connectivity index (χ2v) is 6.99. The third-order valence-electron chi connectivity index (χ3n) is 5.44. The van der Waals surface area contributed by atoms with Crippen molar-refractivity contribution in [3.8, 4) is 23.0 Å². The van der Waals surface area contributed by atoms with Gasteiger partial charge in [0, 0.05) is 0 Å². The van der Waals surface area contributed by atoms with Crippen molar-refractivity contribution in [1.82, 2.24) is 0 Å². The van der Waals surface area contributed by atoms with Crippen LogP contribution in [-0.2, 0) is 0 Å². The van der Waals surface area contributed by atoms with Crippen molar-refractivity contribution in [3.05, 3.63) is 47.5 Å². The van der Waals surface area contributed by atoms with Crippen LogP contribution in [0.2, 0.25) is 0 Å². The lowest BCUT2D eigenvalue weighted by molar-refractivity contribution is 0.173. The van der Waals surface area contributed by atoms with Crippen LogP contribution in [0.15, 0.2) is 36.4 Å². The molecular weight excluding hydrogens is 328 g/mol. The highest BCUT2D eigenvalue weighted by atomic mass is 16.7. The van der Waals surface area contributed by atoms with Crippen molar-refractivity contribution < 1.29 is 18.9 Å². The first kappa shape index (κ1) is 14.1. The molecule has 2 aliphatic heterocycles. The molecule has 0 aromatic heterocycles. The predicted octanol–water partition coefficient (Wildman–Crippen LogP) is 5.22. The minimum atomic E-state index is 0.286. The van der Waals surface area contributed by atoms with Gasteiger partial charge in [0.1, 0.15) is 0 Å². The first-order chi connectivity index (χ1) is 12.7. The summed E-state index contributed by atoms with van der Waals surface area (Å²) in [6, 6.07) is 12.9. The summed E-state index contributed by atoms with van der Waals surface area (Å²) in [6.45, 7) is 4.87. The Morgan fingerprint density at radius 3 is 1.77 bits per heavy atom. The normalized spacial score (nSPS) is 14.7. The molecule has 2 aliphatic rings. The second-order valence-electron chi connectivity index (χ2n) is 6.99.